The highest BCUT2D eigenvalue weighted by atomic mass is 35.5. The molecule has 0 aliphatic heterocycles. The normalized spacial score (nSPS) is 18.2. The molecule has 0 heterocycles. The summed E-state index contributed by atoms with van der Waals surface area (Å²) in [6.07, 6.45) is 9.29. The van der Waals surface area contributed by atoms with Gasteiger partial charge < -0.3 is 0 Å². The Morgan fingerprint density at radius 3 is 2.56 bits per heavy atom. The fourth-order valence-corrected chi connectivity index (χ4v) is 3.31. The van der Waals surface area contributed by atoms with Gasteiger partial charge in [0.05, 0.1) is 0 Å². The summed E-state index contributed by atoms with van der Waals surface area (Å²) >= 11 is 6.49. The van der Waals surface area contributed by atoms with Crippen molar-refractivity contribution in [1.29, 1.82) is 0 Å². The zero-order valence-electron chi connectivity index (χ0n) is 11.7. The monoisotopic (exact) mass is 264 g/mol. The van der Waals surface area contributed by atoms with Gasteiger partial charge in [0.25, 0.3) is 0 Å². The first-order chi connectivity index (χ1) is 8.65. The molecule has 0 saturated heterocycles. The van der Waals surface area contributed by atoms with E-state index >= 15 is 0 Å². The van der Waals surface area contributed by atoms with E-state index in [1.165, 1.54) is 55.2 Å². The van der Waals surface area contributed by atoms with Crippen LogP contribution in [0.3, 0.4) is 0 Å². The van der Waals surface area contributed by atoms with E-state index in [4.69, 9.17) is 11.6 Å². The molecule has 1 aromatic rings. The SMILES string of the molecule is Cc1ccc(CC(Cl)CCC2CCCC2)cc1C. The predicted octanol–water partition coefficient (Wildman–Crippen LogP) is 5.42. The Labute approximate surface area is 117 Å². The van der Waals surface area contributed by atoms with Gasteiger partial charge in [0.1, 0.15) is 0 Å². The van der Waals surface area contributed by atoms with Gasteiger partial charge in [-0.15, -0.1) is 11.6 Å². The summed E-state index contributed by atoms with van der Waals surface area (Å²) in [5.41, 5.74) is 4.15. The number of alkyl halides is 1. The number of benzene rings is 1. The average molecular weight is 265 g/mol. The number of rotatable bonds is 5. The van der Waals surface area contributed by atoms with Crippen LogP contribution in [0.5, 0.6) is 0 Å². The van der Waals surface area contributed by atoms with Crippen LogP contribution in [0.15, 0.2) is 18.2 Å². The molecule has 1 unspecified atom stereocenters. The third kappa shape index (κ3) is 4.02. The molecule has 0 aromatic heterocycles. The molecule has 1 atom stereocenters. The van der Waals surface area contributed by atoms with Crippen molar-refractivity contribution in [3.63, 3.8) is 0 Å². The van der Waals surface area contributed by atoms with E-state index in [1.54, 1.807) is 0 Å². The molecule has 0 N–H and O–H groups in total. The largest absolute Gasteiger partial charge is 0.123 e. The van der Waals surface area contributed by atoms with Crippen LogP contribution in [0.2, 0.25) is 0 Å². The summed E-state index contributed by atoms with van der Waals surface area (Å²) < 4.78 is 0. The van der Waals surface area contributed by atoms with Gasteiger partial charge in [-0.05, 0) is 55.7 Å². The lowest BCUT2D eigenvalue weighted by Gasteiger charge is -2.14. The van der Waals surface area contributed by atoms with Crippen LogP contribution in [-0.4, -0.2) is 5.38 Å². The second-order valence-electron chi connectivity index (χ2n) is 5.95. The highest BCUT2D eigenvalue weighted by molar-refractivity contribution is 6.20. The highest BCUT2D eigenvalue weighted by Crippen LogP contribution is 2.30. The van der Waals surface area contributed by atoms with E-state index in [9.17, 15) is 0 Å². The van der Waals surface area contributed by atoms with E-state index < -0.39 is 0 Å². The Bertz CT molecular complexity index is 377. The summed E-state index contributed by atoms with van der Waals surface area (Å²) in [5.74, 6) is 0.964. The Morgan fingerprint density at radius 2 is 1.89 bits per heavy atom. The Balaban J connectivity index is 1.78. The summed E-state index contributed by atoms with van der Waals surface area (Å²) in [5, 5.41) is 0.313. The molecule has 2 rings (SSSR count). The van der Waals surface area contributed by atoms with Crippen molar-refractivity contribution >= 4 is 11.6 Å². The second-order valence-corrected chi connectivity index (χ2v) is 6.57. The van der Waals surface area contributed by atoms with Crippen molar-refractivity contribution in [2.24, 2.45) is 5.92 Å². The number of hydrogen-bond donors (Lipinski definition) is 0. The Kier molecular flexibility index (Phi) is 5.12. The molecule has 1 heteroatoms. The van der Waals surface area contributed by atoms with Gasteiger partial charge in [0, 0.05) is 5.38 Å². The minimum absolute atomic E-state index is 0.313. The summed E-state index contributed by atoms with van der Waals surface area (Å²) in [7, 11) is 0. The lowest BCUT2D eigenvalue weighted by molar-refractivity contribution is 0.476. The zero-order chi connectivity index (χ0) is 13.0. The van der Waals surface area contributed by atoms with Gasteiger partial charge in [0.2, 0.25) is 0 Å². The summed E-state index contributed by atoms with van der Waals surface area (Å²) in [6, 6.07) is 6.73. The van der Waals surface area contributed by atoms with Gasteiger partial charge >= 0.3 is 0 Å². The maximum Gasteiger partial charge on any atom is 0.0376 e. The Morgan fingerprint density at radius 1 is 1.17 bits per heavy atom. The van der Waals surface area contributed by atoms with E-state index in [0.29, 0.717) is 5.38 Å². The third-order valence-electron chi connectivity index (χ3n) is 4.39. The average Bonchev–Trinajstić information content (AvgIpc) is 2.84. The fourth-order valence-electron chi connectivity index (χ4n) is 3.00. The van der Waals surface area contributed by atoms with Crippen LogP contribution in [0.1, 0.15) is 55.2 Å². The first kappa shape index (κ1) is 13.9. The van der Waals surface area contributed by atoms with E-state index in [-0.39, 0.29) is 0 Å². The predicted molar refractivity (Wildman–Crippen MR) is 80.5 cm³/mol. The lowest BCUT2D eigenvalue weighted by atomic mass is 9.97. The molecule has 0 radical (unpaired) electrons. The molecule has 18 heavy (non-hydrogen) atoms. The molecular weight excluding hydrogens is 240 g/mol. The van der Waals surface area contributed by atoms with Gasteiger partial charge in [-0.25, -0.2) is 0 Å². The van der Waals surface area contributed by atoms with Crippen LogP contribution < -0.4 is 0 Å². The zero-order valence-corrected chi connectivity index (χ0v) is 12.5. The molecule has 0 amide bonds. The lowest BCUT2D eigenvalue weighted by Crippen LogP contribution is -2.06. The van der Waals surface area contributed by atoms with Crippen molar-refractivity contribution in [1.82, 2.24) is 0 Å². The number of aryl methyl sites for hydroxylation is 2. The van der Waals surface area contributed by atoms with Crippen molar-refractivity contribution < 1.29 is 0 Å². The molecule has 0 nitrogen and oxygen atoms in total. The van der Waals surface area contributed by atoms with Gasteiger partial charge in [0.15, 0.2) is 0 Å². The molecule has 1 saturated carbocycles. The quantitative estimate of drug-likeness (QED) is 0.623. The van der Waals surface area contributed by atoms with Gasteiger partial charge in [-0.2, -0.15) is 0 Å². The van der Waals surface area contributed by atoms with Crippen LogP contribution in [0.4, 0.5) is 0 Å². The number of halogens is 1. The van der Waals surface area contributed by atoms with Crippen LogP contribution in [0, 0.1) is 19.8 Å². The van der Waals surface area contributed by atoms with Crippen molar-refractivity contribution in [3.8, 4) is 0 Å². The van der Waals surface area contributed by atoms with Gasteiger partial charge in [-0.1, -0.05) is 43.9 Å². The molecule has 1 aliphatic carbocycles. The molecule has 1 fully saturated rings. The van der Waals surface area contributed by atoms with Crippen molar-refractivity contribution in [3.05, 3.63) is 34.9 Å². The summed E-state index contributed by atoms with van der Waals surface area (Å²) in [6.45, 7) is 4.35. The molecule has 0 spiro atoms. The smallest absolute Gasteiger partial charge is 0.0376 e. The maximum absolute atomic E-state index is 6.49. The van der Waals surface area contributed by atoms with Crippen molar-refractivity contribution in [2.45, 2.75) is 64.2 Å². The number of hydrogen-bond acceptors (Lipinski definition) is 0. The Hall–Kier alpha value is -0.490. The van der Waals surface area contributed by atoms with Crippen LogP contribution in [0.25, 0.3) is 0 Å². The molecule has 1 aliphatic rings. The first-order valence-electron chi connectivity index (χ1n) is 7.35. The van der Waals surface area contributed by atoms with Crippen LogP contribution >= 0.6 is 11.6 Å². The molecular formula is C17H25Cl. The van der Waals surface area contributed by atoms with Crippen molar-refractivity contribution in [2.75, 3.05) is 0 Å². The first-order valence-corrected chi connectivity index (χ1v) is 7.79. The van der Waals surface area contributed by atoms with E-state index in [2.05, 4.69) is 32.0 Å². The highest BCUT2D eigenvalue weighted by Gasteiger charge is 2.16. The van der Waals surface area contributed by atoms with Crippen LogP contribution in [-0.2, 0) is 6.42 Å². The van der Waals surface area contributed by atoms with E-state index in [1.807, 2.05) is 0 Å². The molecule has 1 aromatic carbocycles. The summed E-state index contributed by atoms with van der Waals surface area (Å²) in [4.78, 5) is 0. The topological polar surface area (TPSA) is 0 Å². The standard InChI is InChI=1S/C17H25Cl/c1-13-7-8-16(11-14(13)2)12-17(18)10-9-15-5-3-4-6-15/h7-8,11,15,17H,3-6,9-10,12H2,1-2H3. The van der Waals surface area contributed by atoms with Gasteiger partial charge in [-0.3, -0.25) is 0 Å². The maximum atomic E-state index is 6.49. The minimum atomic E-state index is 0.313. The second kappa shape index (κ2) is 6.61. The molecule has 0 bridgehead atoms. The molecule has 100 valence electrons. The third-order valence-corrected chi connectivity index (χ3v) is 4.76. The van der Waals surface area contributed by atoms with E-state index in [0.717, 1.165) is 12.3 Å². The fraction of sp³-hybridized carbons (Fsp3) is 0.647. The minimum Gasteiger partial charge on any atom is -0.123 e.